The van der Waals surface area contributed by atoms with E-state index in [1.54, 1.807) is 18.2 Å². The number of aryl methyl sites for hydroxylation is 1. The van der Waals surface area contributed by atoms with Crippen LogP contribution in [0.4, 0.5) is 0 Å². The topological polar surface area (TPSA) is 80.6 Å². The van der Waals surface area contributed by atoms with Gasteiger partial charge in [0.05, 0.1) is 0 Å². The molecule has 2 amide bonds. The average Bonchev–Trinajstić information content (AvgIpc) is 3.15. The van der Waals surface area contributed by atoms with Gasteiger partial charge in [0.25, 0.3) is 5.91 Å². The fourth-order valence-electron chi connectivity index (χ4n) is 2.20. The molecule has 0 unspecified atom stereocenters. The number of hydrogen-bond acceptors (Lipinski definition) is 4. The summed E-state index contributed by atoms with van der Waals surface area (Å²) in [6.45, 7) is 2.13. The lowest BCUT2D eigenvalue weighted by Gasteiger charge is -2.06. The highest BCUT2D eigenvalue weighted by molar-refractivity contribution is 5.97. The van der Waals surface area contributed by atoms with E-state index in [1.165, 1.54) is 6.07 Å². The summed E-state index contributed by atoms with van der Waals surface area (Å²) >= 11 is 0. The number of amides is 2. The van der Waals surface area contributed by atoms with Crippen LogP contribution >= 0.6 is 0 Å². The third-order valence-corrected chi connectivity index (χ3v) is 3.61. The quantitative estimate of drug-likeness (QED) is 0.692. The van der Waals surface area contributed by atoms with Crippen LogP contribution in [0.15, 0.2) is 71.1 Å². The first kappa shape index (κ1) is 17.3. The summed E-state index contributed by atoms with van der Waals surface area (Å²) in [6, 6.07) is 19.5. The van der Waals surface area contributed by atoms with Crippen LogP contribution in [-0.2, 0) is 6.61 Å². The van der Waals surface area contributed by atoms with Crippen molar-refractivity contribution in [2.24, 2.45) is 0 Å². The van der Waals surface area contributed by atoms with E-state index in [2.05, 4.69) is 10.9 Å². The molecular weight excluding hydrogens is 332 g/mol. The Hall–Kier alpha value is -3.54. The van der Waals surface area contributed by atoms with Crippen molar-refractivity contribution in [3.05, 3.63) is 89.4 Å². The molecule has 26 heavy (non-hydrogen) atoms. The van der Waals surface area contributed by atoms with Gasteiger partial charge in [-0.2, -0.15) is 0 Å². The SMILES string of the molecule is Cc1ccc(C(=O)NNC(=O)c2ccc(COc3ccccc3)o2)cc1. The number of furan rings is 1. The van der Waals surface area contributed by atoms with Crippen molar-refractivity contribution in [3.63, 3.8) is 0 Å². The molecule has 0 saturated heterocycles. The van der Waals surface area contributed by atoms with E-state index in [1.807, 2.05) is 49.4 Å². The van der Waals surface area contributed by atoms with Crippen LogP contribution in [0.5, 0.6) is 5.75 Å². The predicted octanol–water partition coefficient (Wildman–Crippen LogP) is 3.24. The lowest BCUT2D eigenvalue weighted by Crippen LogP contribution is -2.41. The Morgan fingerprint density at radius 3 is 2.31 bits per heavy atom. The van der Waals surface area contributed by atoms with Crippen molar-refractivity contribution in [1.82, 2.24) is 10.9 Å². The van der Waals surface area contributed by atoms with E-state index in [0.29, 0.717) is 17.1 Å². The minimum Gasteiger partial charge on any atom is -0.486 e. The van der Waals surface area contributed by atoms with Crippen LogP contribution in [0.3, 0.4) is 0 Å². The second-order valence-electron chi connectivity index (χ2n) is 5.64. The van der Waals surface area contributed by atoms with E-state index >= 15 is 0 Å². The fourth-order valence-corrected chi connectivity index (χ4v) is 2.20. The zero-order valence-electron chi connectivity index (χ0n) is 14.2. The third kappa shape index (κ3) is 4.51. The molecule has 0 aliphatic heterocycles. The van der Waals surface area contributed by atoms with E-state index in [-0.39, 0.29) is 12.4 Å². The second kappa shape index (κ2) is 8.02. The van der Waals surface area contributed by atoms with E-state index in [0.717, 1.165) is 5.56 Å². The van der Waals surface area contributed by atoms with E-state index in [9.17, 15) is 9.59 Å². The van der Waals surface area contributed by atoms with Gasteiger partial charge in [-0.25, -0.2) is 0 Å². The molecule has 0 aliphatic carbocycles. The Morgan fingerprint density at radius 1 is 0.885 bits per heavy atom. The predicted molar refractivity (Wildman–Crippen MR) is 95.6 cm³/mol. The Balaban J connectivity index is 1.51. The highest BCUT2D eigenvalue weighted by Crippen LogP contribution is 2.13. The summed E-state index contributed by atoms with van der Waals surface area (Å²) in [5, 5.41) is 0. The third-order valence-electron chi connectivity index (χ3n) is 3.61. The number of rotatable bonds is 5. The van der Waals surface area contributed by atoms with Crippen LogP contribution < -0.4 is 15.6 Å². The average molecular weight is 350 g/mol. The molecule has 6 nitrogen and oxygen atoms in total. The zero-order valence-corrected chi connectivity index (χ0v) is 14.2. The molecule has 132 valence electrons. The maximum Gasteiger partial charge on any atom is 0.305 e. The smallest absolute Gasteiger partial charge is 0.305 e. The highest BCUT2D eigenvalue weighted by atomic mass is 16.5. The molecule has 1 aromatic heterocycles. The van der Waals surface area contributed by atoms with Gasteiger partial charge in [0.2, 0.25) is 0 Å². The number of hydrazine groups is 1. The molecule has 3 rings (SSSR count). The molecular formula is C20H18N2O4. The number of ether oxygens (including phenoxy) is 1. The van der Waals surface area contributed by atoms with Crippen molar-refractivity contribution < 1.29 is 18.7 Å². The number of carbonyl (C=O) groups is 2. The Labute approximate surface area is 150 Å². The Bertz CT molecular complexity index is 886. The first-order chi connectivity index (χ1) is 12.6. The van der Waals surface area contributed by atoms with Gasteiger partial charge in [-0.3, -0.25) is 20.4 Å². The van der Waals surface area contributed by atoms with Crippen LogP contribution in [0.2, 0.25) is 0 Å². The molecule has 0 radical (unpaired) electrons. The van der Waals surface area contributed by atoms with Gasteiger partial charge >= 0.3 is 5.91 Å². The van der Waals surface area contributed by atoms with Crippen LogP contribution in [-0.4, -0.2) is 11.8 Å². The summed E-state index contributed by atoms with van der Waals surface area (Å²) in [5.74, 6) is 0.346. The largest absolute Gasteiger partial charge is 0.486 e. The summed E-state index contributed by atoms with van der Waals surface area (Å²) in [7, 11) is 0. The van der Waals surface area contributed by atoms with Crippen molar-refractivity contribution >= 4 is 11.8 Å². The maximum absolute atomic E-state index is 12.1. The summed E-state index contributed by atoms with van der Waals surface area (Å²) in [4.78, 5) is 24.0. The molecule has 6 heteroatoms. The molecule has 0 saturated carbocycles. The zero-order chi connectivity index (χ0) is 18.4. The number of carbonyl (C=O) groups excluding carboxylic acids is 2. The summed E-state index contributed by atoms with van der Waals surface area (Å²) < 4.78 is 11.0. The fraction of sp³-hybridized carbons (Fsp3) is 0.100. The molecule has 1 heterocycles. The standard InChI is InChI=1S/C20H18N2O4/c1-14-7-9-15(10-8-14)19(23)21-22-20(24)18-12-11-17(26-18)13-25-16-5-3-2-4-6-16/h2-12H,13H2,1H3,(H,21,23)(H,22,24). The molecule has 0 fully saturated rings. The van der Waals surface area contributed by atoms with E-state index in [4.69, 9.17) is 9.15 Å². The first-order valence-corrected chi connectivity index (χ1v) is 8.06. The van der Waals surface area contributed by atoms with Gasteiger partial charge < -0.3 is 9.15 Å². The molecule has 0 atom stereocenters. The van der Waals surface area contributed by atoms with Crippen molar-refractivity contribution in [3.8, 4) is 5.75 Å². The monoisotopic (exact) mass is 350 g/mol. The minimum atomic E-state index is -0.545. The van der Waals surface area contributed by atoms with E-state index < -0.39 is 11.8 Å². The molecule has 3 aromatic rings. The molecule has 2 N–H and O–H groups in total. The van der Waals surface area contributed by atoms with Gasteiger partial charge in [0, 0.05) is 5.56 Å². The summed E-state index contributed by atoms with van der Waals surface area (Å²) in [6.07, 6.45) is 0. The van der Waals surface area contributed by atoms with Crippen LogP contribution in [0.25, 0.3) is 0 Å². The van der Waals surface area contributed by atoms with Gasteiger partial charge in [-0.15, -0.1) is 0 Å². The highest BCUT2D eigenvalue weighted by Gasteiger charge is 2.13. The first-order valence-electron chi connectivity index (χ1n) is 8.06. The molecule has 0 aliphatic rings. The van der Waals surface area contributed by atoms with Gasteiger partial charge in [-0.1, -0.05) is 35.9 Å². The van der Waals surface area contributed by atoms with Crippen LogP contribution in [0, 0.1) is 6.92 Å². The lowest BCUT2D eigenvalue weighted by molar-refractivity contribution is 0.0828. The molecule has 0 bridgehead atoms. The van der Waals surface area contributed by atoms with Crippen LogP contribution in [0.1, 0.15) is 32.2 Å². The normalized spacial score (nSPS) is 10.2. The van der Waals surface area contributed by atoms with Gasteiger partial charge in [0.15, 0.2) is 5.76 Å². The molecule has 0 spiro atoms. The Kier molecular flexibility index (Phi) is 5.34. The lowest BCUT2D eigenvalue weighted by atomic mass is 10.1. The Morgan fingerprint density at radius 2 is 1.58 bits per heavy atom. The number of para-hydroxylation sites is 1. The minimum absolute atomic E-state index is 0.0841. The molecule has 2 aromatic carbocycles. The summed E-state index contributed by atoms with van der Waals surface area (Å²) in [5.41, 5.74) is 6.18. The maximum atomic E-state index is 12.1. The van der Waals surface area contributed by atoms with Crippen molar-refractivity contribution in [2.45, 2.75) is 13.5 Å². The van der Waals surface area contributed by atoms with Crippen molar-refractivity contribution in [1.29, 1.82) is 0 Å². The van der Waals surface area contributed by atoms with Gasteiger partial charge in [-0.05, 0) is 43.3 Å². The van der Waals surface area contributed by atoms with Gasteiger partial charge in [0.1, 0.15) is 18.1 Å². The second-order valence-corrected chi connectivity index (χ2v) is 5.64. The number of benzene rings is 2. The van der Waals surface area contributed by atoms with Crippen molar-refractivity contribution in [2.75, 3.05) is 0 Å². The number of hydrogen-bond donors (Lipinski definition) is 2. The number of nitrogens with one attached hydrogen (secondary N) is 2.